The van der Waals surface area contributed by atoms with E-state index in [0.29, 0.717) is 44.6 Å². The highest BCUT2D eigenvalue weighted by atomic mass is 16.6. The molecule has 3 aliphatic rings. The fraction of sp³-hybridized carbons (Fsp3) is 0.867. The van der Waals surface area contributed by atoms with Crippen molar-refractivity contribution in [2.24, 2.45) is 11.8 Å². The van der Waals surface area contributed by atoms with Gasteiger partial charge in [-0.05, 0) is 38.1 Å². The van der Waals surface area contributed by atoms with Crippen LogP contribution < -0.4 is 5.32 Å². The average molecular weight is 295 g/mol. The van der Waals surface area contributed by atoms with Crippen LogP contribution in [0, 0.1) is 11.8 Å². The van der Waals surface area contributed by atoms with E-state index >= 15 is 0 Å². The Hall–Kier alpha value is -1.30. The second-order valence-electron chi connectivity index (χ2n) is 6.25. The molecule has 1 aliphatic carbocycles. The van der Waals surface area contributed by atoms with Crippen LogP contribution in [-0.4, -0.2) is 67.2 Å². The van der Waals surface area contributed by atoms with Gasteiger partial charge in [0.1, 0.15) is 0 Å². The number of hydrogen-bond donors (Lipinski definition) is 1. The van der Waals surface area contributed by atoms with Crippen LogP contribution in [0.2, 0.25) is 0 Å². The number of fused-ring (bicyclic) bond motifs is 1. The molecule has 21 heavy (non-hydrogen) atoms. The Kier molecular flexibility index (Phi) is 4.33. The van der Waals surface area contributed by atoms with Crippen LogP contribution in [0.25, 0.3) is 0 Å². The van der Waals surface area contributed by atoms with Gasteiger partial charge in [-0.3, -0.25) is 4.79 Å². The summed E-state index contributed by atoms with van der Waals surface area (Å²) in [4.78, 5) is 27.9. The molecule has 2 heterocycles. The van der Waals surface area contributed by atoms with Crippen molar-refractivity contribution in [3.8, 4) is 0 Å². The number of nitrogens with one attached hydrogen (secondary N) is 1. The molecule has 3 fully saturated rings. The summed E-state index contributed by atoms with van der Waals surface area (Å²) in [6.45, 7) is 5.58. The van der Waals surface area contributed by atoms with Gasteiger partial charge in [0.05, 0.1) is 12.6 Å². The largest absolute Gasteiger partial charge is 0.450 e. The number of nitrogens with zero attached hydrogens (tertiary/aromatic N) is 2. The van der Waals surface area contributed by atoms with Crippen molar-refractivity contribution in [1.29, 1.82) is 0 Å². The van der Waals surface area contributed by atoms with Crippen LogP contribution in [0.5, 0.6) is 0 Å². The number of hydrogen-bond acceptors (Lipinski definition) is 4. The molecule has 2 saturated heterocycles. The first kappa shape index (κ1) is 14.6. The fourth-order valence-electron chi connectivity index (χ4n) is 3.98. The van der Waals surface area contributed by atoms with E-state index < -0.39 is 0 Å². The molecule has 6 heteroatoms. The van der Waals surface area contributed by atoms with Gasteiger partial charge in [0.2, 0.25) is 5.91 Å². The minimum absolute atomic E-state index is 0.00615. The van der Waals surface area contributed by atoms with Crippen molar-refractivity contribution in [1.82, 2.24) is 15.1 Å². The van der Waals surface area contributed by atoms with E-state index in [2.05, 4.69) is 5.32 Å². The van der Waals surface area contributed by atoms with Crippen LogP contribution in [0.1, 0.15) is 26.2 Å². The molecule has 0 radical (unpaired) electrons. The zero-order chi connectivity index (χ0) is 14.8. The number of amides is 2. The number of rotatable bonds is 2. The lowest BCUT2D eigenvalue weighted by Gasteiger charge is -2.36. The Balaban J connectivity index is 1.52. The maximum absolute atomic E-state index is 12.7. The van der Waals surface area contributed by atoms with Crippen molar-refractivity contribution < 1.29 is 14.3 Å². The highest BCUT2D eigenvalue weighted by Gasteiger charge is 2.44. The summed E-state index contributed by atoms with van der Waals surface area (Å²) in [5.74, 6) is 1.45. The molecular formula is C15H25N3O3. The van der Waals surface area contributed by atoms with Gasteiger partial charge < -0.3 is 19.9 Å². The standard InChI is InChI=1S/C15H25N3O3/c1-2-21-15(20)18-8-6-17(7-9-18)14(19)13-12-5-3-4-11(12)10-16-13/h11-13,16H,2-10H2,1H3. The number of carbonyl (C=O) groups is 2. The average Bonchev–Trinajstić information content (AvgIpc) is 3.10. The third-order valence-corrected chi connectivity index (χ3v) is 5.13. The molecule has 2 aliphatic heterocycles. The first-order chi connectivity index (χ1) is 10.2. The molecule has 1 N–H and O–H groups in total. The first-order valence-electron chi connectivity index (χ1n) is 8.14. The summed E-state index contributed by atoms with van der Waals surface area (Å²) in [6.07, 6.45) is 3.44. The zero-order valence-electron chi connectivity index (χ0n) is 12.7. The van der Waals surface area contributed by atoms with Crippen molar-refractivity contribution in [3.05, 3.63) is 0 Å². The molecule has 0 aromatic rings. The summed E-state index contributed by atoms with van der Waals surface area (Å²) in [5, 5.41) is 3.41. The lowest BCUT2D eigenvalue weighted by atomic mass is 9.93. The first-order valence-corrected chi connectivity index (χ1v) is 8.14. The van der Waals surface area contributed by atoms with Crippen molar-refractivity contribution in [3.63, 3.8) is 0 Å². The van der Waals surface area contributed by atoms with E-state index in [0.717, 1.165) is 6.54 Å². The second-order valence-corrected chi connectivity index (χ2v) is 6.25. The topological polar surface area (TPSA) is 61.9 Å². The lowest BCUT2D eigenvalue weighted by molar-refractivity contribution is -0.135. The Morgan fingerprint density at radius 3 is 2.57 bits per heavy atom. The highest BCUT2D eigenvalue weighted by Crippen LogP contribution is 2.38. The maximum atomic E-state index is 12.7. The van der Waals surface area contributed by atoms with Gasteiger partial charge in [-0.15, -0.1) is 0 Å². The summed E-state index contributed by atoms with van der Waals surface area (Å²) < 4.78 is 5.00. The van der Waals surface area contributed by atoms with Crippen LogP contribution in [0.4, 0.5) is 4.79 Å². The molecule has 6 nitrogen and oxygen atoms in total. The van der Waals surface area contributed by atoms with Gasteiger partial charge in [-0.2, -0.15) is 0 Å². The van der Waals surface area contributed by atoms with Gasteiger partial charge in [-0.1, -0.05) is 6.42 Å². The molecule has 0 aromatic carbocycles. The third-order valence-electron chi connectivity index (χ3n) is 5.13. The Labute approximate surface area is 125 Å². The molecular weight excluding hydrogens is 270 g/mol. The number of carbonyl (C=O) groups excluding carboxylic acids is 2. The molecule has 0 spiro atoms. The number of piperazine rings is 1. The normalized spacial score (nSPS) is 32.1. The predicted molar refractivity (Wildman–Crippen MR) is 77.8 cm³/mol. The Morgan fingerprint density at radius 2 is 1.86 bits per heavy atom. The molecule has 3 rings (SSSR count). The van der Waals surface area contributed by atoms with E-state index in [1.807, 2.05) is 11.8 Å². The minimum atomic E-state index is -0.264. The quantitative estimate of drug-likeness (QED) is 0.813. The van der Waals surface area contributed by atoms with Gasteiger partial charge >= 0.3 is 6.09 Å². The Bertz CT molecular complexity index is 407. The molecule has 3 unspecified atom stereocenters. The minimum Gasteiger partial charge on any atom is -0.450 e. The van der Waals surface area contributed by atoms with Crippen molar-refractivity contribution >= 4 is 12.0 Å². The van der Waals surface area contributed by atoms with Crippen LogP contribution in [0.3, 0.4) is 0 Å². The number of ether oxygens (including phenoxy) is 1. The van der Waals surface area contributed by atoms with E-state index in [-0.39, 0.29) is 18.0 Å². The highest BCUT2D eigenvalue weighted by molar-refractivity contribution is 5.83. The van der Waals surface area contributed by atoms with Gasteiger partial charge in [-0.25, -0.2) is 4.79 Å². The van der Waals surface area contributed by atoms with E-state index in [9.17, 15) is 9.59 Å². The second kappa shape index (κ2) is 6.22. The molecule has 3 atom stereocenters. The lowest BCUT2D eigenvalue weighted by Crippen LogP contribution is -2.55. The van der Waals surface area contributed by atoms with E-state index in [1.54, 1.807) is 4.90 Å². The van der Waals surface area contributed by atoms with Gasteiger partial charge in [0, 0.05) is 26.2 Å². The van der Waals surface area contributed by atoms with Crippen molar-refractivity contribution in [2.75, 3.05) is 39.3 Å². The van der Waals surface area contributed by atoms with Crippen LogP contribution >= 0.6 is 0 Å². The summed E-state index contributed by atoms with van der Waals surface area (Å²) >= 11 is 0. The monoisotopic (exact) mass is 295 g/mol. The van der Waals surface area contributed by atoms with Crippen LogP contribution in [0.15, 0.2) is 0 Å². The Morgan fingerprint density at radius 1 is 1.14 bits per heavy atom. The third kappa shape index (κ3) is 2.86. The van der Waals surface area contributed by atoms with E-state index in [1.165, 1.54) is 19.3 Å². The smallest absolute Gasteiger partial charge is 0.409 e. The van der Waals surface area contributed by atoms with Gasteiger partial charge in [0.25, 0.3) is 0 Å². The molecule has 0 aromatic heterocycles. The molecule has 118 valence electrons. The molecule has 0 bridgehead atoms. The predicted octanol–water partition coefficient (Wildman–Crippen LogP) is 0.675. The van der Waals surface area contributed by atoms with Crippen LogP contribution in [-0.2, 0) is 9.53 Å². The fourth-order valence-corrected chi connectivity index (χ4v) is 3.98. The molecule has 2 amide bonds. The summed E-state index contributed by atoms with van der Waals surface area (Å²) in [5.41, 5.74) is 0. The zero-order valence-corrected chi connectivity index (χ0v) is 12.7. The van der Waals surface area contributed by atoms with Gasteiger partial charge in [0.15, 0.2) is 0 Å². The SMILES string of the molecule is CCOC(=O)N1CCN(C(=O)C2NCC3CCCC32)CC1. The summed E-state index contributed by atoms with van der Waals surface area (Å²) in [7, 11) is 0. The van der Waals surface area contributed by atoms with Crippen molar-refractivity contribution in [2.45, 2.75) is 32.2 Å². The maximum Gasteiger partial charge on any atom is 0.409 e. The summed E-state index contributed by atoms with van der Waals surface area (Å²) in [6, 6.07) is 0.00615. The van der Waals surface area contributed by atoms with E-state index in [4.69, 9.17) is 4.74 Å². The molecule has 1 saturated carbocycles.